The van der Waals surface area contributed by atoms with Crippen LogP contribution in [0.3, 0.4) is 0 Å². The third-order valence-electron chi connectivity index (χ3n) is 3.77. The molecule has 0 spiro atoms. The van der Waals surface area contributed by atoms with E-state index >= 15 is 0 Å². The van der Waals surface area contributed by atoms with E-state index < -0.39 is 0 Å². The predicted molar refractivity (Wildman–Crippen MR) is 107 cm³/mol. The molecule has 7 heteroatoms. The molecule has 0 unspecified atom stereocenters. The number of methoxy groups -OCH3 is 1. The van der Waals surface area contributed by atoms with Gasteiger partial charge in [-0.05, 0) is 23.8 Å². The molecule has 144 valence electrons. The van der Waals surface area contributed by atoms with Crippen LogP contribution in [0.5, 0.6) is 5.75 Å². The van der Waals surface area contributed by atoms with Gasteiger partial charge in [-0.15, -0.1) is 0 Å². The van der Waals surface area contributed by atoms with Crippen LogP contribution in [-0.4, -0.2) is 44.6 Å². The standard InChI is InChI=1S/C20H26N4O3/c1-24(2)19(25)14-27-17-9-6-7-15(11-17)12-22-20(21)23-18-10-5-4-8-16(18)13-26-3/h4-11H,12-14H2,1-3H3,(H3,21,22,23). The van der Waals surface area contributed by atoms with Gasteiger partial charge in [0, 0.05) is 32.5 Å². The Morgan fingerprint density at radius 3 is 2.70 bits per heavy atom. The molecule has 0 heterocycles. The molecule has 0 saturated carbocycles. The lowest BCUT2D eigenvalue weighted by Crippen LogP contribution is -2.27. The number of carbonyl (C=O) groups is 1. The van der Waals surface area contributed by atoms with Crippen molar-refractivity contribution < 1.29 is 14.3 Å². The zero-order valence-electron chi connectivity index (χ0n) is 15.9. The van der Waals surface area contributed by atoms with Crippen molar-refractivity contribution in [1.82, 2.24) is 4.90 Å². The smallest absolute Gasteiger partial charge is 0.259 e. The summed E-state index contributed by atoms with van der Waals surface area (Å²) in [6, 6.07) is 15.2. The van der Waals surface area contributed by atoms with Gasteiger partial charge in [0.1, 0.15) is 5.75 Å². The molecule has 7 nitrogen and oxygen atoms in total. The quantitative estimate of drug-likeness (QED) is 0.549. The Bertz CT molecular complexity index is 790. The molecule has 0 aliphatic rings. The van der Waals surface area contributed by atoms with Crippen LogP contribution in [0.2, 0.25) is 0 Å². The number of para-hydroxylation sites is 1. The fourth-order valence-electron chi connectivity index (χ4n) is 2.29. The third-order valence-corrected chi connectivity index (χ3v) is 3.77. The minimum atomic E-state index is -0.0957. The van der Waals surface area contributed by atoms with Gasteiger partial charge in [0.2, 0.25) is 0 Å². The van der Waals surface area contributed by atoms with E-state index in [9.17, 15) is 4.79 Å². The first-order valence-corrected chi connectivity index (χ1v) is 8.55. The van der Waals surface area contributed by atoms with Crippen LogP contribution in [0.4, 0.5) is 5.69 Å². The fraction of sp³-hybridized carbons (Fsp3) is 0.300. The molecule has 2 rings (SSSR count). The minimum Gasteiger partial charge on any atom is -0.484 e. The zero-order valence-corrected chi connectivity index (χ0v) is 15.9. The molecule has 3 N–H and O–H groups in total. The summed E-state index contributed by atoms with van der Waals surface area (Å²) >= 11 is 0. The van der Waals surface area contributed by atoms with E-state index in [1.165, 1.54) is 4.90 Å². The highest BCUT2D eigenvalue weighted by Gasteiger charge is 2.06. The van der Waals surface area contributed by atoms with Gasteiger partial charge in [-0.3, -0.25) is 4.79 Å². The molecule has 0 aromatic heterocycles. The lowest BCUT2D eigenvalue weighted by molar-refractivity contribution is -0.130. The van der Waals surface area contributed by atoms with Crippen LogP contribution in [0, 0.1) is 0 Å². The molecule has 2 aromatic rings. The van der Waals surface area contributed by atoms with E-state index in [-0.39, 0.29) is 12.5 Å². The summed E-state index contributed by atoms with van der Waals surface area (Å²) in [5, 5.41) is 3.10. The summed E-state index contributed by atoms with van der Waals surface area (Å²) in [5.41, 5.74) is 8.80. The van der Waals surface area contributed by atoms with Gasteiger partial charge in [-0.25, -0.2) is 4.99 Å². The summed E-state index contributed by atoms with van der Waals surface area (Å²) in [5.74, 6) is 0.837. The highest BCUT2D eigenvalue weighted by molar-refractivity contribution is 5.92. The van der Waals surface area contributed by atoms with Crippen LogP contribution in [0.15, 0.2) is 53.5 Å². The van der Waals surface area contributed by atoms with Crippen LogP contribution < -0.4 is 15.8 Å². The lowest BCUT2D eigenvalue weighted by Gasteiger charge is -2.12. The topological polar surface area (TPSA) is 89.2 Å². The lowest BCUT2D eigenvalue weighted by atomic mass is 10.2. The molecule has 0 aliphatic carbocycles. The number of carbonyl (C=O) groups excluding carboxylic acids is 1. The van der Waals surface area contributed by atoms with Gasteiger partial charge < -0.3 is 25.4 Å². The van der Waals surface area contributed by atoms with Gasteiger partial charge in [-0.1, -0.05) is 30.3 Å². The van der Waals surface area contributed by atoms with E-state index in [1.54, 1.807) is 27.3 Å². The van der Waals surface area contributed by atoms with Gasteiger partial charge in [0.25, 0.3) is 5.91 Å². The maximum Gasteiger partial charge on any atom is 0.259 e. The Hall–Kier alpha value is -3.06. The number of ether oxygens (including phenoxy) is 2. The van der Waals surface area contributed by atoms with E-state index in [2.05, 4.69) is 10.3 Å². The SMILES string of the molecule is COCc1ccccc1NC(N)=NCc1cccc(OCC(=O)N(C)C)c1. The second-order valence-electron chi connectivity index (χ2n) is 6.14. The molecule has 0 radical (unpaired) electrons. The molecule has 0 fully saturated rings. The summed E-state index contributed by atoms with van der Waals surface area (Å²) in [6.07, 6.45) is 0. The number of nitrogens with two attached hydrogens (primary N) is 1. The van der Waals surface area contributed by atoms with Crippen LogP contribution in [-0.2, 0) is 22.7 Å². The Morgan fingerprint density at radius 1 is 1.19 bits per heavy atom. The molecule has 2 aromatic carbocycles. The summed E-state index contributed by atoms with van der Waals surface area (Å²) in [6.45, 7) is 0.880. The molecule has 27 heavy (non-hydrogen) atoms. The Balaban J connectivity index is 1.97. The highest BCUT2D eigenvalue weighted by Crippen LogP contribution is 2.16. The number of likely N-dealkylation sites (N-methyl/N-ethyl adjacent to an activating group) is 1. The number of nitrogens with zero attached hydrogens (tertiary/aromatic N) is 2. The van der Waals surface area contributed by atoms with Crippen LogP contribution in [0.1, 0.15) is 11.1 Å². The number of guanidine groups is 1. The first kappa shape index (κ1) is 20.3. The number of anilines is 1. The maximum absolute atomic E-state index is 11.6. The number of hydrogen-bond donors (Lipinski definition) is 2. The van der Waals surface area contributed by atoms with Crippen molar-refractivity contribution >= 4 is 17.6 Å². The van der Waals surface area contributed by atoms with Gasteiger partial charge in [0.15, 0.2) is 12.6 Å². The van der Waals surface area contributed by atoms with E-state index in [4.69, 9.17) is 15.2 Å². The Kier molecular flexibility index (Phi) is 7.63. The molecular weight excluding hydrogens is 344 g/mol. The van der Waals surface area contributed by atoms with E-state index in [0.29, 0.717) is 24.9 Å². The summed E-state index contributed by atoms with van der Waals surface area (Å²) in [7, 11) is 5.03. The normalized spacial score (nSPS) is 11.1. The van der Waals surface area contributed by atoms with Crippen molar-refractivity contribution in [2.75, 3.05) is 33.1 Å². The summed E-state index contributed by atoms with van der Waals surface area (Å²) < 4.78 is 10.7. The van der Waals surface area contributed by atoms with Crippen LogP contribution >= 0.6 is 0 Å². The number of aliphatic imine (C=N–C) groups is 1. The third kappa shape index (κ3) is 6.63. The average molecular weight is 370 g/mol. The molecule has 0 saturated heterocycles. The second-order valence-corrected chi connectivity index (χ2v) is 6.14. The van der Waals surface area contributed by atoms with Crippen molar-refractivity contribution in [1.29, 1.82) is 0 Å². The minimum absolute atomic E-state index is 0.000298. The van der Waals surface area contributed by atoms with E-state index in [1.807, 2.05) is 42.5 Å². The summed E-state index contributed by atoms with van der Waals surface area (Å²) in [4.78, 5) is 17.5. The number of hydrogen-bond acceptors (Lipinski definition) is 4. The maximum atomic E-state index is 11.6. The molecule has 1 amide bonds. The predicted octanol–water partition coefficient (Wildman–Crippen LogP) is 2.23. The van der Waals surface area contributed by atoms with E-state index in [0.717, 1.165) is 16.8 Å². The fourth-order valence-corrected chi connectivity index (χ4v) is 2.29. The average Bonchev–Trinajstić information content (AvgIpc) is 2.66. The largest absolute Gasteiger partial charge is 0.484 e. The van der Waals surface area contributed by atoms with Crippen molar-refractivity contribution in [3.05, 3.63) is 59.7 Å². The molecular formula is C20H26N4O3. The van der Waals surface area contributed by atoms with Crippen molar-refractivity contribution in [3.63, 3.8) is 0 Å². The van der Waals surface area contributed by atoms with Crippen LogP contribution in [0.25, 0.3) is 0 Å². The first-order valence-electron chi connectivity index (χ1n) is 8.55. The molecule has 0 atom stereocenters. The second kappa shape index (κ2) is 10.2. The van der Waals surface area contributed by atoms with Gasteiger partial charge in [0.05, 0.1) is 13.2 Å². The number of nitrogens with one attached hydrogen (secondary N) is 1. The van der Waals surface area contributed by atoms with Gasteiger partial charge in [-0.2, -0.15) is 0 Å². The van der Waals surface area contributed by atoms with Crippen molar-refractivity contribution in [2.24, 2.45) is 10.7 Å². The Morgan fingerprint density at radius 2 is 1.96 bits per heavy atom. The van der Waals surface area contributed by atoms with Crippen molar-refractivity contribution in [2.45, 2.75) is 13.2 Å². The monoisotopic (exact) mass is 370 g/mol. The van der Waals surface area contributed by atoms with Crippen molar-refractivity contribution in [3.8, 4) is 5.75 Å². The molecule has 0 bridgehead atoms. The van der Waals surface area contributed by atoms with Gasteiger partial charge >= 0.3 is 0 Å². The number of amides is 1. The Labute approximate surface area is 159 Å². The number of rotatable bonds is 8. The molecule has 0 aliphatic heterocycles. The first-order chi connectivity index (χ1) is 13.0. The highest BCUT2D eigenvalue weighted by atomic mass is 16.5. The zero-order chi connectivity index (χ0) is 19.6. The number of benzene rings is 2.